The molecule has 2 aromatic rings. The Morgan fingerprint density at radius 1 is 1.16 bits per heavy atom. The molecule has 0 amide bonds. The molecule has 0 saturated carbocycles. The molecule has 1 aromatic heterocycles. The third kappa shape index (κ3) is 3.75. The molecule has 4 nitrogen and oxygen atoms in total. The lowest BCUT2D eigenvalue weighted by Crippen LogP contribution is -2.41. The molecule has 0 aliphatic carbocycles. The van der Waals surface area contributed by atoms with Gasteiger partial charge in [0.25, 0.3) is 0 Å². The van der Waals surface area contributed by atoms with Crippen molar-refractivity contribution < 1.29 is 9.31 Å². The van der Waals surface area contributed by atoms with E-state index in [4.69, 9.17) is 20.9 Å². The number of fused-ring (bicyclic) bond motifs is 1. The van der Waals surface area contributed by atoms with Gasteiger partial charge in [-0.3, -0.25) is 0 Å². The molecule has 0 bridgehead atoms. The lowest BCUT2D eigenvalue weighted by Gasteiger charge is -2.32. The van der Waals surface area contributed by atoms with Crippen LogP contribution in [0.1, 0.15) is 33.3 Å². The van der Waals surface area contributed by atoms with E-state index in [9.17, 15) is 0 Å². The van der Waals surface area contributed by atoms with Gasteiger partial charge < -0.3 is 14.6 Å². The number of halogens is 1. The number of aromatic nitrogens is 1. The Morgan fingerprint density at radius 3 is 2.48 bits per heavy atom. The molecule has 6 heteroatoms. The molecule has 0 radical (unpaired) electrons. The van der Waals surface area contributed by atoms with Crippen LogP contribution in [0.4, 0.5) is 0 Å². The highest BCUT2D eigenvalue weighted by molar-refractivity contribution is 6.56. The molecule has 1 aliphatic rings. The van der Waals surface area contributed by atoms with E-state index in [0.29, 0.717) is 11.7 Å². The van der Waals surface area contributed by atoms with Crippen LogP contribution in [0.5, 0.6) is 0 Å². The average Bonchev–Trinajstić information content (AvgIpc) is 2.75. The topological polar surface area (TPSA) is 43.4 Å². The van der Waals surface area contributed by atoms with E-state index in [-0.39, 0.29) is 18.3 Å². The summed E-state index contributed by atoms with van der Waals surface area (Å²) in [7, 11) is 1.56. The van der Waals surface area contributed by atoms with E-state index in [1.54, 1.807) is 6.07 Å². The Hall–Kier alpha value is -1.40. The summed E-state index contributed by atoms with van der Waals surface area (Å²) in [5.41, 5.74) is 2.32. The molecule has 1 aliphatic heterocycles. The van der Waals surface area contributed by atoms with Gasteiger partial charge in [0.2, 0.25) is 0 Å². The maximum atomic E-state index is 6.19. The highest BCUT2D eigenvalue weighted by Crippen LogP contribution is 2.38. The Balaban J connectivity index is 1.94. The summed E-state index contributed by atoms with van der Waals surface area (Å²) in [6, 6.07) is 9.90. The predicted molar refractivity (Wildman–Crippen MR) is 105 cm³/mol. The summed E-state index contributed by atoms with van der Waals surface area (Å²) < 4.78 is 12.4. The van der Waals surface area contributed by atoms with Gasteiger partial charge in [0, 0.05) is 11.9 Å². The van der Waals surface area contributed by atoms with E-state index in [1.165, 1.54) is 0 Å². The summed E-state index contributed by atoms with van der Waals surface area (Å²) in [5, 5.41) is 4.76. The molecule has 0 unspecified atom stereocenters. The molecular formula is C19H24BClN2O2. The minimum Gasteiger partial charge on any atom is -0.400 e. The maximum Gasteiger partial charge on any atom is 0.491 e. The fraction of sp³-hybridized carbons (Fsp3) is 0.421. The number of rotatable bonds is 4. The summed E-state index contributed by atoms with van der Waals surface area (Å²) in [5.74, 6) is 0. The molecule has 2 heterocycles. The zero-order chi connectivity index (χ0) is 18.2. The molecule has 1 fully saturated rings. The van der Waals surface area contributed by atoms with Crippen molar-refractivity contribution in [3.8, 4) is 0 Å². The van der Waals surface area contributed by atoms with Crippen LogP contribution in [0.3, 0.4) is 0 Å². The highest BCUT2D eigenvalue weighted by Gasteiger charge is 2.52. The lowest BCUT2D eigenvalue weighted by atomic mass is 9.77. The molecule has 1 saturated heterocycles. The van der Waals surface area contributed by atoms with Gasteiger partial charge in [0.15, 0.2) is 0 Å². The number of likely N-dealkylation sites (N-methyl/N-ethyl adjacent to an activating group) is 1. The zero-order valence-corrected chi connectivity index (χ0v) is 16.1. The van der Waals surface area contributed by atoms with E-state index >= 15 is 0 Å². The second-order valence-corrected chi connectivity index (χ2v) is 7.81. The summed E-state index contributed by atoms with van der Waals surface area (Å²) in [6.07, 6.45) is 2.12. The Morgan fingerprint density at radius 2 is 1.84 bits per heavy atom. The van der Waals surface area contributed by atoms with Crippen LogP contribution in [0.15, 0.2) is 35.8 Å². The number of hydrogen-bond donors (Lipinski definition) is 1. The van der Waals surface area contributed by atoms with Crippen LogP contribution >= 0.6 is 11.6 Å². The summed E-state index contributed by atoms with van der Waals surface area (Å²) >= 11 is 5.96. The van der Waals surface area contributed by atoms with Crippen molar-refractivity contribution in [3.05, 3.63) is 46.5 Å². The van der Waals surface area contributed by atoms with E-state index in [1.807, 2.05) is 25.2 Å². The van der Waals surface area contributed by atoms with Crippen molar-refractivity contribution in [2.24, 2.45) is 0 Å². The van der Waals surface area contributed by atoms with Crippen LogP contribution in [0.2, 0.25) is 5.15 Å². The van der Waals surface area contributed by atoms with Crippen molar-refractivity contribution >= 4 is 35.7 Å². The van der Waals surface area contributed by atoms with Gasteiger partial charge in [-0.25, -0.2) is 4.98 Å². The van der Waals surface area contributed by atoms with E-state index in [0.717, 1.165) is 21.9 Å². The van der Waals surface area contributed by atoms with Crippen molar-refractivity contribution in [2.45, 2.75) is 38.9 Å². The van der Waals surface area contributed by atoms with Gasteiger partial charge >= 0.3 is 7.12 Å². The Kier molecular flexibility index (Phi) is 4.95. The van der Waals surface area contributed by atoms with Crippen LogP contribution in [0, 0.1) is 0 Å². The van der Waals surface area contributed by atoms with Gasteiger partial charge in [-0.2, -0.15) is 0 Å². The summed E-state index contributed by atoms with van der Waals surface area (Å²) in [6.45, 7) is 8.95. The Labute approximate surface area is 154 Å². The number of benzene rings is 1. The monoisotopic (exact) mass is 358 g/mol. The molecule has 132 valence electrons. The smallest absolute Gasteiger partial charge is 0.400 e. The van der Waals surface area contributed by atoms with Crippen molar-refractivity contribution in [3.63, 3.8) is 0 Å². The third-order valence-electron chi connectivity index (χ3n) is 4.97. The number of pyridine rings is 1. The quantitative estimate of drug-likeness (QED) is 0.659. The molecule has 0 spiro atoms. The zero-order valence-electron chi connectivity index (χ0n) is 15.4. The van der Waals surface area contributed by atoms with Gasteiger partial charge in [-0.1, -0.05) is 23.7 Å². The molecule has 1 N–H and O–H groups in total. The van der Waals surface area contributed by atoms with Gasteiger partial charge in [-0.15, -0.1) is 0 Å². The predicted octanol–water partition coefficient (Wildman–Crippen LogP) is 4.12. The minimum atomic E-state index is -0.364. The lowest BCUT2D eigenvalue weighted by molar-refractivity contribution is 0.00578. The molecule has 0 atom stereocenters. The van der Waals surface area contributed by atoms with Crippen molar-refractivity contribution in [1.29, 1.82) is 0 Å². The van der Waals surface area contributed by atoms with E-state index < -0.39 is 0 Å². The van der Waals surface area contributed by atoms with Crippen LogP contribution in [0.25, 0.3) is 17.0 Å². The molecule has 25 heavy (non-hydrogen) atoms. The van der Waals surface area contributed by atoms with Gasteiger partial charge in [-0.05, 0) is 70.0 Å². The summed E-state index contributed by atoms with van der Waals surface area (Å²) in [4.78, 5) is 4.33. The number of nitrogens with one attached hydrogen (secondary N) is 1. The minimum absolute atomic E-state index is 0.353. The standard InChI is InChI=1S/C19H24BClN2O2/c1-18(2)19(3,4)25-20(24-18)15(12-22-5)11-13-6-8-16-14(10-13)7-9-17(21)23-16/h6-11,22H,12H2,1-5H3. The average molecular weight is 359 g/mol. The third-order valence-corrected chi connectivity index (χ3v) is 5.18. The second kappa shape index (κ2) is 6.73. The fourth-order valence-electron chi connectivity index (χ4n) is 2.82. The number of hydrogen-bond acceptors (Lipinski definition) is 4. The molecular weight excluding hydrogens is 334 g/mol. The van der Waals surface area contributed by atoms with Gasteiger partial charge in [0.1, 0.15) is 5.15 Å². The van der Waals surface area contributed by atoms with E-state index in [2.05, 4.69) is 50.1 Å². The first-order valence-corrected chi connectivity index (χ1v) is 8.87. The first-order valence-electron chi connectivity index (χ1n) is 8.49. The normalized spacial score (nSPS) is 19.6. The van der Waals surface area contributed by atoms with Crippen molar-refractivity contribution in [1.82, 2.24) is 10.3 Å². The van der Waals surface area contributed by atoms with Crippen LogP contribution < -0.4 is 5.32 Å². The van der Waals surface area contributed by atoms with Crippen molar-refractivity contribution in [2.75, 3.05) is 13.6 Å². The second-order valence-electron chi connectivity index (χ2n) is 7.42. The van der Waals surface area contributed by atoms with Crippen LogP contribution in [-0.2, 0) is 9.31 Å². The van der Waals surface area contributed by atoms with Crippen LogP contribution in [-0.4, -0.2) is 36.9 Å². The number of nitrogens with zero attached hydrogens (tertiary/aromatic N) is 1. The SMILES string of the molecule is CNCC(=Cc1ccc2nc(Cl)ccc2c1)B1OC(C)(C)C(C)(C)O1. The Bertz CT molecular complexity index is 804. The maximum absolute atomic E-state index is 6.19. The fourth-order valence-corrected chi connectivity index (χ4v) is 2.98. The first kappa shape index (κ1) is 18.4. The molecule has 1 aromatic carbocycles. The highest BCUT2D eigenvalue weighted by atomic mass is 35.5. The van der Waals surface area contributed by atoms with Gasteiger partial charge in [0.05, 0.1) is 16.7 Å². The molecule has 3 rings (SSSR count). The first-order chi connectivity index (χ1) is 11.7. The largest absolute Gasteiger partial charge is 0.491 e.